The Morgan fingerprint density at radius 3 is 2.82 bits per heavy atom. The van der Waals surface area contributed by atoms with E-state index in [1.165, 1.54) is 10.9 Å². The predicted octanol–water partition coefficient (Wildman–Crippen LogP) is -1.81. The summed E-state index contributed by atoms with van der Waals surface area (Å²) in [6.07, 6.45) is 0.661. The summed E-state index contributed by atoms with van der Waals surface area (Å²) in [6.45, 7) is 1.49. The molecule has 17 heavy (non-hydrogen) atoms. The predicted molar refractivity (Wildman–Crippen MR) is 55.6 cm³/mol. The lowest BCUT2D eigenvalue weighted by molar-refractivity contribution is 0.0150. The first-order valence-electron chi connectivity index (χ1n) is 5.26. The minimum atomic E-state index is -1.09. The number of nitrogens with zero attached hydrogens (tertiary/aromatic N) is 4. The number of rotatable bonds is 5. The van der Waals surface area contributed by atoms with E-state index in [-0.39, 0.29) is 18.3 Å². The third-order valence-corrected chi connectivity index (χ3v) is 2.72. The molecular weight excluding hydrogens is 228 g/mol. The van der Waals surface area contributed by atoms with Gasteiger partial charge in [-0.1, -0.05) is 5.21 Å². The molecule has 2 heterocycles. The van der Waals surface area contributed by atoms with Crippen LogP contribution in [0, 0.1) is 0 Å². The molecule has 2 rings (SSSR count). The zero-order chi connectivity index (χ0) is 12.4. The summed E-state index contributed by atoms with van der Waals surface area (Å²) in [5.74, 6) is -1.09. The van der Waals surface area contributed by atoms with Crippen LogP contribution in [0.1, 0.15) is 16.5 Å². The number of aliphatic hydroxyl groups excluding tert-OH is 2. The van der Waals surface area contributed by atoms with Gasteiger partial charge in [0.05, 0.1) is 24.9 Å². The van der Waals surface area contributed by atoms with Crippen LogP contribution in [0.3, 0.4) is 0 Å². The zero-order valence-corrected chi connectivity index (χ0v) is 9.10. The topological polar surface area (TPSA) is 112 Å². The van der Waals surface area contributed by atoms with Gasteiger partial charge in [-0.25, -0.2) is 9.48 Å². The normalized spacial score (nSPS) is 18.9. The van der Waals surface area contributed by atoms with E-state index in [0.29, 0.717) is 19.6 Å². The average molecular weight is 242 g/mol. The Kier molecular flexibility index (Phi) is 3.36. The van der Waals surface area contributed by atoms with Crippen molar-refractivity contribution in [1.82, 2.24) is 19.9 Å². The van der Waals surface area contributed by atoms with Crippen LogP contribution in [0.4, 0.5) is 0 Å². The van der Waals surface area contributed by atoms with Crippen LogP contribution in [0.25, 0.3) is 0 Å². The van der Waals surface area contributed by atoms with E-state index in [4.69, 9.17) is 10.2 Å². The monoisotopic (exact) mass is 242 g/mol. The van der Waals surface area contributed by atoms with E-state index in [2.05, 4.69) is 10.3 Å². The molecule has 1 saturated heterocycles. The summed E-state index contributed by atoms with van der Waals surface area (Å²) in [5, 5.41) is 33.9. The maximum atomic E-state index is 10.6. The molecule has 0 spiro atoms. The van der Waals surface area contributed by atoms with Gasteiger partial charge in [-0.05, 0) is 0 Å². The first-order chi connectivity index (χ1) is 8.10. The number of likely N-dealkylation sites (tertiary alicyclic amines) is 1. The summed E-state index contributed by atoms with van der Waals surface area (Å²) in [5.41, 5.74) is -0.0705. The summed E-state index contributed by atoms with van der Waals surface area (Å²) in [7, 11) is 0. The maximum absolute atomic E-state index is 10.6. The first-order valence-corrected chi connectivity index (χ1v) is 5.26. The first kappa shape index (κ1) is 12.0. The van der Waals surface area contributed by atoms with Crippen LogP contribution >= 0.6 is 0 Å². The second-order valence-electron chi connectivity index (χ2n) is 4.10. The summed E-state index contributed by atoms with van der Waals surface area (Å²) in [4.78, 5) is 12.6. The van der Waals surface area contributed by atoms with Crippen molar-refractivity contribution in [3.05, 3.63) is 11.9 Å². The standard InChI is InChI=1S/C9H14N4O4/c14-5-7(15)3-12-1-6(2-12)13-4-8(9(16)17)10-11-13/h4,6-7,14-15H,1-3,5H2,(H,16,17). The average Bonchev–Trinajstić information content (AvgIpc) is 2.71. The fourth-order valence-corrected chi connectivity index (χ4v) is 1.77. The molecule has 0 radical (unpaired) electrons. The quantitative estimate of drug-likeness (QED) is 0.557. The molecular formula is C9H14N4O4. The van der Waals surface area contributed by atoms with Crippen LogP contribution in [-0.2, 0) is 0 Å². The van der Waals surface area contributed by atoms with Crippen molar-refractivity contribution in [2.45, 2.75) is 12.1 Å². The number of β-amino-alcohol motifs (C(OH)–C–C–N with tert-alkyl or cyclic N) is 1. The van der Waals surface area contributed by atoms with Crippen molar-refractivity contribution >= 4 is 5.97 Å². The van der Waals surface area contributed by atoms with Crippen molar-refractivity contribution in [3.63, 3.8) is 0 Å². The number of hydrogen-bond acceptors (Lipinski definition) is 6. The Bertz CT molecular complexity index is 401. The Morgan fingerprint density at radius 2 is 2.29 bits per heavy atom. The highest BCUT2D eigenvalue weighted by molar-refractivity contribution is 5.84. The molecule has 8 heteroatoms. The molecule has 1 aliphatic rings. The minimum absolute atomic E-state index is 0.0705. The van der Waals surface area contributed by atoms with Gasteiger partial charge in [-0.15, -0.1) is 5.10 Å². The van der Waals surface area contributed by atoms with Gasteiger partial charge in [-0.3, -0.25) is 4.90 Å². The van der Waals surface area contributed by atoms with Crippen molar-refractivity contribution in [2.75, 3.05) is 26.2 Å². The molecule has 0 amide bonds. The molecule has 0 saturated carbocycles. The number of aromatic carboxylic acids is 1. The van der Waals surface area contributed by atoms with Gasteiger partial charge in [-0.2, -0.15) is 0 Å². The van der Waals surface area contributed by atoms with Crippen LogP contribution < -0.4 is 0 Å². The molecule has 1 aromatic rings. The minimum Gasteiger partial charge on any atom is -0.476 e. The molecule has 1 fully saturated rings. The third kappa shape index (κ3) is 2.60. The SMILES string of the molecule is O=C(O)c1cn(C2CN(CC(O)CO)C2)nn1. The molecule has 1 aromatic heterocycles. The number of carboxylic acids is 1. The lowest BCUT2D eigenvalue weighted by Gasteiger charge is -2.39. The zero-order valence-electron chi connectivity index (χ0n) is 9.10. The van der Waals surface area contributed by atoms with Crippen LogP contribution in [0.15, 0.2) is 6.20 Å². The van der Waals surface area contributed by atoms with Gasteiger partial charge >= 0.3 is 5.97 Å². The highest BCUT2D eigenvalue weighted by Gasteiger charge is 2.30. The molecule has 1 aliphatic heterocycles. The van der Waals surface area contributed by atoms with Gasteiger partial charge < -0.3 is 15.3 Å². The third-order valence-electron chi connectivity index (χ3n) is 2.72. The molecule has 0 aromatic carbocycles. The summed E-state index contributed by atoms with van der Waals surface area (Å²) >= 11 is 0. The fraction of sp³-hybridized carbons (Fsp3) is 0.667. The number of aromatic nitrogens is 3. The second kappa shape index (κ2) is 4.78. The van der Waals surface area contributed by atoms with Crippen molar-refractivity contribution in [1.29, 1.82) is 0 Å². The van der Waals surface area contributed by atoms with Gasteiger partial charge in [0.1, 0.15) is 0 Å². The lowest BCUT2D eigenvalue weighted by atomic mass is 10.1. The van der Waals surface area contributed by atoms with E-state index in [0.717, 1.165) is 0 Å². The maximum Gasteiger partial charge on any atom is 0.358 e. The van der Waals surface area contributed by atoms with Gasteiger partial charge in [0, 0.05) is 19.6 Å². The van der Waals surface area contributed by atoms with Crippen molar-refractivity contribution in [2.24, 2.45) is 0 Å². The molecule has 8 nitrogen and oxygen atoms in total. The van der Waals surface area contributed by atoms with E-state index in [1.807, 2.05) is 4.90 Å². The van der Waals surface area contributed by atoms with E-state index in [9.17, 15) is 9.90 Å². The fourth-order valence-electron chi connectivity index (χ4n) is 1.77. The lowest BCUT2D eigenvalue weighted by Crippen LogP contribution is -2.51. The van der Waals surface area contributed by atoms with Crippen LogP contribution in [-0.4, -0.2) is 73.5 Å². The number of carbonyl (C=O) groups is 1. The highest BCUT2D eigenvalue weighted by Crippen LogP contribution is 2.20. The highest BCUT2D eigenvalue weighted by atomic mass is 16.4. The Morgan fingerprint density at radius 1 is 1.59 bits per heavy atom. The number of aliphatic hydroxyl groups is 2. The molecule has 94 valence electrons. The Balaban J connectivity index is 1.84. The Labute approximate surface area is 97.1 Å². The molecule has 1 unspecified atom stereocenters. The second-order valence-corrected chi connectivity index (χ2v) is 4.10. The smallest absolute Gasteiger partial charge is 0.358 e. The van der Waals surface area contributed by atoms with Gasteiger partial charge in [0.25, 0.3) is 0 Å². The van der Waals surface area contributed by atoms with Gasteiger partial charge in [0.2, 0.25) is 0 Å². The molecule has 0 bridgehead atoms. The summed E-state index contributed by atoms with van der Waals surface area (Å²) in [6, 6.07) is 0.0847. The van der Waals surface area contributed by atoms with E-state index < -0.39 is 12.1 Å². The van der Waals surface area contributed by atoms with E-state index in [1.54, 1.807) is 0 Å². The van der Waals surface area contributed by atoms with E-state index >= 15 is 0 Å². The number of hydrogen-bond donors (Lipinski definition) is 3. The molecule has 1 atom stereocenters. The number of carboxylic acid groups (broad SMARTS) is 1. The van der Waals surface area contributed by atoms with Crippen LogP contribution in [0.2, 0.25) is 0 Å². The largest absolute Gasteiger partial charge is 0.476 e. The van der Waals surface area contributed by atoms with Crippen LogP contribution in [0.5, 0.6) is 0 Å². The summed E-state index contributed by atoms with van der Waals surface area (Å²) < 4.78 is 1.52. The van der Waals surface area contributed by atoms with Crippen molar-refractivity contribution in [3.8, 4) is 0 Å². The molecule has 0 aliphatic carbocycles. The van der Waals surface area contributed by atoms with Gasteiger partial charge in [0.15, 0.2) is 5.69 Å². The molecule has 3 N–H and O–H groups in total. The van der Waals surface area contributed by atoms with Crippen molar-refractivity contribution < 1.29 is 20.1 Å². The Hall–Kier alpha value is -1.51.